The minimum Gasteiger partial charge on any atom is -0.756 e. The van der Waals surface area contributed by atoms with E-state index in [-0.39, 0.29) is 35.6 Å². The van der Waals surface area contributed by atoms with Crippen molar-refractivity contribution in [2.75, 3.05) is 13.2 Å². The molecule has 0 N–H and O–H groups in total. The van der Waals surface area contributed by atoms with Crippen LogP contribution in [0.15, 0.2) is 0 Å². The van der Waals surface area contributed by atoms with E-state index in [1.165, 1.54) is 0 Å². The molecular weight excluding hydrogens is 275 g/mol. The Morgan fingerprint density at radius 1 is 1.17 bits per heavy atom. The van der Waals surface area contributed by atoms with Gasteiger partial charge in [0.2, 0.25) is 0 Å². The molecule has 0 spiro atoms. The SMILES string of the molecule is CCCOP(=O)([O-])OCCC.[Ag+]. The standard InChI is InChI=1S/C6H15O4P.Ag/c1-3-5-9-11(7,8)10-6-4-2;/h3-6H2,1-2H3,(H,7,8);/q;+1/p-1. The van der Waals surface area contributed by atoms with Gasteiger partial charge in [0.15, 0.2) is 0 Å². The molecule has 78 valence electrons. The van der Waals surface area contributed by atoms with Gasteiger partial charge in [0, 0.05) is 0 Å². The maximum Gasteiger partial charge on any atom is 1.00 e. The second-order valence-electron chi connectivity index (χ2n) is 2.11. The number of rotatable bonds is 6. The third-order valence-electron chi connectivity index (χ3n) is 0.907. The van der Waals surface area contributed by atoms with Crippen LogP contribution in [-0.4, -0.2) is 13.2 Å². The summed E-state index contributed by atoms with van der Waals surface area (Å²) in [6, 6.07) is 0. The summed E-state index contributed by atoms with van der Waals surface area (Å²) < 4.78 is 19.6. The fourth-order valence-corrected chi connectivity index (χ4v) is 1.33. The molecular formula is C6H14AgO4P. The first-order valence-corrected chi connectivity index (χ1v) is 5.18. The van der Waals surface area contributed by atoms with Crippen molar-refractivity contribution in [3.63, 3.8) is 0 Å². The fourth-order valence-electron chi connectivity index (χ4n) is 0.443. The zero-order valence-corrected chi connectivity index (χ0v) is 9.59. The van der Waals surface area contributed by atoms with Gasteiger partial charge >= 0.3 is 22.4 Å². The van der Waals surface area contributed by atoms with Crippen LogP contribution in [-0.2, 0) is 36.0 Å². The molecule has 0 heterocycles. The van der Waals surface area contributed by atoms with Gasteiger partial charge < -0.3 is 13.9 Å². The van der Waals surface area contributed by atoms with Gasteiger partial charge in [-0.3, -0.25) is 4.57 Å². The first-order valence-electron chi connectivity index (χ1n) is 3.72. The summed E-state index contributed by atoms with van der Waals surface area (Å²) in [5.74, 6) is 0. The van der Waals surface area contributed by atoms with E-state index in [1.807, 2.05) is 13.8 Å². The van der Waals surface area contributed by atoms with Gasteiger partial charge in [0.05, 0.1) is 13.2 Å². The van der Waals surface area contributed by atoms with Crippen molar-refractivity contribution in [2.24, 2.45) is 0 Å². The summed E-state index contributed by atoms with van der Waals surface area (Å²) in [5, 5.41) is 0. The second kappa shape index (κ2) is 8.45. The Labute approximate surface area is 88.8 Å². The van der Waals surface area contributed by atoms with Gasteiger partial charge in [-0.05, 0) is 12.8 Å². The van der Waals surface area contributed by atoms with E-state index >= 15 is 0 Å². The quantitative estimate of drug-likeness (QED) is 0.546. The predicted octanol–water partition coefficient (Wildman–Crippen LogP) is 1.31. The summed E-state index contributed by atoms with van der Waals surface area (Å²) in [5.41, 5.74) is 0. The van der Waals surface area contributed by atoms with Crippen LogP contribution in [0.1, 0.15) is 26.7 Å². The van der Waals surface area contributed by atoms with E-state index < -0.39 is 7.82 Å². The molecule has 4 nitrogen and oxygen atoms in total. The average molecular weight is 289 g/mol. The van der Waals surface area contributed by atoms with Crippen LogP contribution in [0.25, 0.3) is 0 Å². The van der Waals surface area contributed by atoms with Crippen molar-refractivity contribution in [2.45, 2.75) is 26.7 Å². The fraction of sp³-hybridized carbons (Fsp3) is 1.00. The number of phosphoric ester groups is 1. The van der Waals surface area contributed by atoms with Crippen LogP contribution in [0, 0.1) is 0 Å². The molecule has 0 bridgehead atoms. The number of hydrogen-bond acceptors (Lipinski definition) is 4. The summed E-state index contributed by atoms with van der Waals surface area (Å²) in [6.07, 6.45) is 1.34. The molecule has 0 unspecified atom stereocenters. The maximum atomic E-state index is 10.7. The van der Waals surface area contributed by atoms with Gasteiger partial charge in [-0.25, -0.2) is 0 Å². The number of phosphoric acid groups is 1. The molecule has 0 aliphatic rings. The maximum absolute atomic E-state index is 10.7. The van der Waals surface area contributed by atoms with E-state index in [0.717, 1.165) is 0 Å². The van der Waals surface area contributed by atoms with Crippen molar-refractivity contribution >= 4 is 7.82 Å². The average Bonchev–Trinajstić information content (AvgIpc) is 1.97. The normalized spacial score (nSPS) is 10.9. The van der Waals surface area contributed by atoms with Crippen molar-refractivity contribution < 1.29 is 40.9 Å². The topological polar surface area (TPSA) is 58.6 Å². The van der Waals surface area contributed by atoms with Gasteiger partial charge in [0.1, 0.15) is 0 Å². The molecule has 0 aromatic carbocycles. The van der Waals surface area contributed by atoms with E-state index in [1.54, 1.807) is 0 Å². The molecule has 0 saturated heterocycles. The molecule has 0 aromatic heterocycles. The van der Waals surface area contributed by atoms with E-state index in [4.69, 9.17) is 0 Å². The van der Waals surface area contributed by atoms with Crippen molar-refractivity contribution in [1.29, 1.82) is 0 Å². The zero-order valence-electron chi connectivity index (χ0n) is 7.21. The van der Waals surface area contributed by atoms with E-state index in [0.29, 0.717) is 12.8 Å². The Balaban J connectivity index is 0. The smallest absolute Gasteiger partial charge is 0.756 e. The Morgan fingerprint density at radius 2 is 1.50 bits per heavy atom. The van der Waals surface area contributed by atoms with Crippen molar-refractivity contribution in [3.8, 4) is 0 Å². The first-order chi connectivity index (χ1) is 5.12. The van der Waals surface area contributed by atoms with Gasteiger partial charge in [-0.1, -0.05) is 13.8 Å². The molecule has 0 amide bonds. The molecule has 0 rings (SSSR count). The van der Waals surface area contributed by atoms with Crippen molar-refractivity contribution in [1.82, 2.24) is 0 Å². The summed E-state index contributed by atoms with van der Waals surface area (Å²) in [7, 11) is -3.98. The molecule has 0 fully saturated rings. The third-order valence-corrected chi connectivity index (χ3v) is 1.90. The van der Waals surface area contributed by atoms with Crippen LogP contribution in [0.4, 0.5) is 0 Å². The predicted molar refractivity (Wildman–Crippen MR) is 40.1 cm³/mol. The van der Waals surface area contributed by atoms with Crippen LogP contribution in [0.3, 0.4) is 0 Å². The second-order valence-corrected chi connectivity index (χ2v) is 3.52. The Morgan fingerprint density at radius 3 is 1.75 bits per heavy atom. The first kappa shape index (κ1) is 15.3. The van der Waals surface area contributed by atoms with E-state index in [9.17, 15) is 9.46 Å². The molecule has 0 saturated carbocycles. The Kier molecular flexibility index (Phi) is 10.8. The van der Waals surface area contributed by atoms with Crippen LogP contribution in [0.5, 0.6) is 0 Å². The molecule has 0 aliphatic heterocycles. The minimum atomic E-state index is -3.98. The van der Waals surface area contributed by atoms with Gasteiger partial charge in [-0.15, -0.1) is 0 Å². The molecule has 6 heteroatoms. The third kappa shape index (κ3) is 8.94. The van der Waals surface area contributed by atoms with Gasteiger partial charge in [0.25, 0.3) is 7.82 Å². The zero-order chi connectivity index (χ0) is 8.74. The monoisotopic (exact) mass is 288 g/mol. The summed E-state index contributed by atoms with van der Waals surface area (Å²) >= 11 is 0. The van der Waals surface area contributed by atoms with Gasteiger partial charge in [-0.2, -0.15) is 0 Å². The Hall–Kier alpha value is 0.850. The van der Waals surface area contributed by atoms with Crippen LogP contribution < -0.4 is 4.89 Å². The molecule has 0 aromatic rings. The molecule has 12 heavy (non-hydrogen) atoms. The largest absolute Gasteiger partial charge is 1.00 e. The van der Waals surface area contributed by atoms with Crippen molar-refractivity contribution in [3.05, 3.63) is 0 Å². The van der Waals surface area contributed by atoms with E-state index in [2.05, 4.69) is 9.05 Å². The summed E-state index contributed by atoms with van der Waals surface area (Å²) in [4.78, 5) is 10.7. The summed E-state index contributed by atoms with van der Waals surface area (Å²) in [6.45, 7) is 4.06. The van der Waals surface area contributed by atoms with Crippen LogP contribution in [0.2, 0.25) is 0 Å². The van der Waals surface area contributed by atoms with Crippen LogP contribution >= 0.6 is 7.82 Å². The molecule has 0 atom stereocenters. The molecule has 0 aliphatic carbocycles. The number of hydrogen-bond donors (Lipinski definition) is 0. The molecule has 0 radical (unpaired) electrons. The minimum absolute atomic E-state index is 0. The Bertz CT molecular complexity index is 130.